The molecule has 0 bridgehead atoms. The lowest BCUT2D eigenvalue weighted by Gasteiger charge is -2.10. The lowest BCUT2D eigenvalue weighted by Crippen LogP contribution is -2.13. The van der Waals surface area contributed by atoms with Crippen molar-refractivity contribution in [3.05, 3.63) is 95.6 Å². The fourth-order valence-corrected chi connectivity index (χ4v) is 3.60. The number of hydrogen-bond donors (Lipinski definition) is 2. The zero-order valence-corrected chi connectivity index (χ0v) is 16.0. The van der Waals surface area contributed by atoms with Crippen molar-refractivity contribution in [3.63, 3.8) is 0 Å². The first-order valence-electron chi connectivity index (χ1n) is 8.55. The fraction of sp³-hybridized carbons (Fsp3) is 0.0455. The van der Waals surface area contributed by atoms with E-state index in [1.165, 1.54) is 30.3 Å². The number of allylic oxidation sites excluding steroid dienone is 1. The standard InChI is InChI=1S/C22H19NO4S/c1-16-7-11-19(12-8-16)28(26,27)23-20-13-9-17(15-22(20)25)10-14-21(24)18-5-3-2-4-6-18/h2-15,23,25H,1H3/b14-10+. The van der Waals surface area contributed by atoms with E-state index in [0.717, 1.165) is 5.56 Å². The Labute approximate surface area is 164 Å². The zero-order valence-electron chi connectivity index (χ0n) is 15.2. The molecular formula is C22H19NO4S. The van der Waals surface area contributed by atoms with Crippen LogP contribution >= 0.6 is 0 Å². The summed E-state index contributed by atoms with van der Waals surface area (Å²) in [4.78, 5) is 12.2. The Balaban J connectivity index is 1.76. The minimum Gasteiger partial charge on any atom is -0.506 e. The molecule has 0 aromatic heterocycles. The summed E-state index contributed by atoms with van der Waals surface area (Å²) in [6.45, 7) is 1.87. The predicted octanol–water partition coefficient (Wildman–Crippen LogP) is 4.40. The van der Waals surface area contributed by atoms with Gasteiger partial charge in [-0.3, -0.25) is 9.52 Å². The van der Waals surface area contributed by atoms with Gasteiger partial charge in [0.05, 0.1) is 10.6 Å². The summed E-state index contributed by atoms with van der Waals surface area (Å²) < 4.78 is 27.3. The van der Waals surface area contributed by atoms with E-state index in [2.05, 4.69) is 4.72 Å². The second-order valence-corrected chi connectivity index (χ2v) is 7.94. The molecule has 0 unspecified atom stereocenters. The molecule has 3 aromatic carbocycles. The van der Waals surface area contributed by atoms with E-state index in [9.17, 15) is 18.3 Å². The lowest BCUT2D eigenvalue weighted by atomic mass is 10.1. The molecule has 0 saturated heterocycles. The third-order valence-electron chi connectivity index (χ3n) is 4.08. The molecule has 3 rings (SSSR count). The van der Waals surface area contributed by atoms with Crippen LogP contribution in [0.5, 0.6) is 5.75 Å². The summed E-state index contributed by atoms with van der Waals surface area (Å²) in [5.74, 6) is -0.394. The van der Waals surface area contributed by atoms with Gasteiger partial charge in [-0.15, -0.1) is 0 Å². The maximum absolute atomic E-state index is 12.4. The average Bonchev–Trinajstić information content (AvgIpc) is 2.69. The highest BCUT2D eigenvalue weighted by atomic mass is 32.2. The number of sulfonamides is 1. The number of hydrogen-bond acceptors (Lipinski definition) is 4. The van der Waals surface area contributed by atoms with Gasteiger partial charge in [-0.25, -0.2) is 8.42 Å². The van der Waals surface area contributed by atoms with Crippen molar-refractivity contribution in [2.45, 2.75) is 11.8 Å². The van der Waals surface area contributed by atoms with Gasteiger partial charge in [0.25, 0.3) is 10.0 Å². The molecule has 28 heavy (non-hydrogen) atoms. The molecule has 0 radical (unpaired) electrons. The van der Waals surface area contributed by atoms with Gasteiger partial charge in [-0.1, -0.05) is 60.2 Å². The van der Waals surface area contributed by atoms with Crippen LogP contribution in [0, 0.1) is 6.92 Å². The van der Waals surface area contributed by atoms with Crippen LogP contribution in [-0.4, -0.2) is 19.3 Å². The van der Waals surface area contributed by atoms with Crippen LogP contribution in [0.4, 0.5) is 5.69 Å². The summed E-state index contributed by atoms with van der Waals surface area (Å²) in [7, 11) is -3.81. The fourth-order valence-electron chi connectivity index (χ4n) is 2.53. The minimum atomic E-state index is -3.81. The van der Waals surface area contributed by atoms with E-state index in [1.54, 1.807) is 48.5 Å². The number of anilines is 1. The topological polar surface area (TPSA) is 83.5 Å². The molecule has 0 aliphatic heterocycles. The number of carbonyl (C=O) groups excluding carboxylic acids is 1. The molecule has 5 nitrogen and oxygen atoms in total. The summed E-state index contributed by atoms with van der Waals surface area (Å²) >= 11 is 0. The van der Waals surface area contributed by atoms with Crippen LogP contribution in [0.1, 0.15) is 21.5 Å². The Morgan fingerprint density at radius 1 is 0.964 bits per heavy atom. The van der Waals surface area contributed by atoms with Gasteiger partial charge in [0.15, 0.2) is 5.78 Å². The van der Waals surface area contributed by atoms with Gasteiger partial charge in [-0.05, 0) is 42.8 Å². The Morgan fingerprint density at radius 2 is 1.64 bits per heavy atom. The van der Waals surface area contributed by atoms with E-state index < -0.39 is 10.0 Å². The average molecular weight is 393 g/mol. The first-order chi connectivity index (χ1) is 13.3. The van der Waals surface area contributed by atoms with E-state index in [-0.39, 0.29) is 22.1 Å². The number of ketones is 1. The van der Waals surface area contributed by atoms with Crippen molar-refractivity contribution in [1.82, 2.24) is 0 Å². The van der Waals surface area contributed by atoms with Crippen LogP contribution in [0.25, 0.3) is 6.08 Å². The van der Waals surface area contributed by atoms with E-state index in [1.807, 2.05) is 13.0 Å². The van der Waals surface area contributed by atoms with E-state index in [0.29, 0.717) is 11.1 Å². The predicted molar refractivity (Wildman–Crippen MR) is 110 cm³/mol. The SMILES string of the molecule is Cc1ccc(S(=O)(=O)Nc2ccc(/C=C/C(=O)c3ccccc3)cc2O)cc1. The van der Waals surface area contributed by atoms with Gasteiger partial charge in [0.2, 0.25) is 0 Å². The summed E-state index contributed by atoms with van der Waals surface area (Å²) in [5.41, 5.74) is 2.14. The number of carbonyl (C=O) groups is 1. The van der Waals surface area contributed by atoms with Crippen LogP contribution in [-0.2, 0) is 10.0 Å². The molecule has 2 N–H and O–H groups in total. The Kier molecular flexibility index (Phi) is 5.61. The second kappa shape index (κ2) is 8.10. The first kappa shape index (κ1) is 19.4. The van der Waals surface area contributed by atoms with Crippen LogP contribution in [0.2, 0.25) is 0 Å². The Morgan fingerprint density at radius 3 is 2.29 bits per heavy atom. The molecular weight excluding hydrogens is 374 g/mol. The smallest absolute Gasteiger partial charge is 0.262 e. The monoisotopic (exact) mass is 393 g/mol. The largest absolute Gasteiger partial charge is 0.506 e. The minimum absolute atomic E-state index is 0.0621. The number of aryl methyl sites for hydroxylation is 1. The van der Waals surface area contributed by atoms with Crippen molar-refractivity contribution in [3.8, 4) is 5.75 Å². The number of aromatic hydroxyl groups is 1. The van der Waals surface area contributed by atoms with E-state index in [4.69, 9.17) is 0 Å². The highest BCUT2D eigenvalue weighted by molar-refractivity contribution is 7.92. The van der Waals surface area contributed by atoms with Crippen molar-refractivity contribution < 1.29 is 18.3 Å². The Hall–Kier alpha value is -3.38. The molecule has 0 aliphatic carbocycles. The quantitative estimate of drug-likeness (QED) is 0.369. The summed E-state index contributed by atoms with van der Waals surface area (Å²) in [5, 5.41) is 10.2. The maximum Gasteiger partial charge on any atom is 0.262 e. The van der Waals surface area contributed by atoms with E-state index >= 15 is 0 Å². The van der Waals surface area contributed by atoms with Crippen molar-refractivity contribution in [2.75, 3.05) is 4.72 Å². The molecule has 0 saturated carbocycles. The maximum atomic E-state index is 12.4. The number of benzene rings is 3. The van der Waals surface area contributed by atoms with Gasteiger partial charge in [0, 0.05) is 5.56 Å². The third-order valence-corrected chi connectivity index (χ3v) is 5.46. The molecule has 6 heteroatoms. The molecule has 0 atom stereocenters. The zero-order chi connectivity index (χ0) is 20.1. The molecule has 3 aromatic rings. The lowest BCUT2D eigenvalue weighted by molar-refractivity contribution is 0.104. The van der Waals surface area contributed by atoms with Crippen molar-refractivity contribution >= 4 is 27.6 Å². The molecule has 0 spiro atoms. The molecule has 0 heterocycles. The molecule has 0 aliphatic rings. The number of phenolic OH excluding ortho intramolecular Hbond substituents is 1. The van der Waals surface area contributed by atoms with Crippen LogP contribution < -0.4 is 4.72 Å². The van der Waals surface area contributed by atoms with Gasteiger partial charge >= 0.3 is 0 Å². The van der Waals surface area contributed by atoms with Crippen LogP contribution in [0.3, 0.4) is 0 Å². The van der Waals surface area contributed by atoms with Crippen molar-refractivity contribution in [2.24, 2.45) is 0 Å². The number of nitrogens with one attached hydrogen (secondary N) is 1. The number of phenols is 1. The normalized spacial score (nSPS) is 11.5. The van der Waals surface area contributed by atoms with Crippen molar-refractivity contribution in [1.29, 1.82) is 0 Å². The third kappa shape index (κ3) is 4.66. The summed E-state index contributed by atoms with van der Waals surface area (Å²) in [6, 6.07) is 19.7. The second-order valence-electron chi connectivity index (χ2n) is 6.26. The summed E-state index contributed by atoms with van der Waals surface area (Å²) in [6.07, 6.45) is 2.97. The number of rotatable bonds is 6. The van der Waals surface area contributed by atoms with Gasteiger partial charge in [-0.2, -0.15) is 0 Å². The highest BCUT2D eigenvalue weighted by Crippen LogP contribution is 2.27. The molecule has 0 amide bonds. The van der Waals surface area contributed by atoms with Gasteiger partial charge < -0.3 is 5.11 Å². The van der Waals surface area contributed by atoms with Gasteiger partial charge in [0.1, 0.15) is 5.75 Å². The molecule has 142 valence electrons. The Bertz CT molecular complexity index is 1120. The van der Waals surface area contributed by atoms with Crippen LogP contribution in [0.15, 0.2) is 83.8 Å². The molecule has 0 fully saturated rings. The first-order valence-corrected chi connectivity index (χ1v) is 10.0. The highest BCUT2D eigenvalue weighted by Gasteiger charge is 2.16.